The van der Waals surface area contributed by atoms with E-state index in [2.05, 4.69) is 5.32 Å². The van der Waals surface area contributed by atoms with Gasteiger partial charge < -0.3 is 10.1 Å². The summed E-state index contributed by atoms with van der Waals surface area (Å²) in [6.45, 7) is 5.37. The number of hydrogen-bond donors (Lipinski definition) is 1. The van der Waals surface area contributed by atoms with Crippen LogP contribution in [0.4, 0.5) is 5.69 Å². The Morgan fingerprint density at radius 2 is 1.81 bits per heavy atom. The molecule has 1 aliphatic rings. The van der Waals surface area contributed by atoms with Crippen LogP contribution in [-0.2, 0) is 14.8 Å². The number of sulfonamides is 1. The maximum absolute atomic E-state index is 13.0. The molecule has 168 valence electrons. The van der Waals surface area contributed by atoms with E-state index >= 15 is 0 Å². The van der Waals surface area contributed by atoms with Gasteiger partial charge in [-0.1, -0.05) is 52.5 Å². The molecule has 2 aromatic carbocycles. The van der Waals surface area contributed by atoms with Gasteiger partial charge in [-0.2, -0.15) is 0 Å². The van der Waals surface area contributed by atoms with Crippen LogP contribution in [0.15, 0.2) is 30.3 Å². The van der Waals surface area contributed by atoms with E-state index in [0.717, 1.165) is 21.7 Å². The third-order valence-electron chi connectivity index (χ3n) is 4.90. The van der Waals surface area contributed by atoms with Crippen molar-refractivity contribution in [2.24, 2.45) is 0 Å². The van der Waals surface area contributed by atoms with Gasteiger partial charge in [0.15, 0.2) is 0 Å². The van der Waals surface area contributed by atoms with Gasteiger partial charge in [-0.15, -0.1) is 0 Å². The number of carbonyl (C=O) groups is 1. The Kier molecular flexibility index (Phi) is 6.73. The third kappa shape index (κ3) is 5.58. The van der Waals surface area contributed by atoms with Crippen molar-refractivity contribution in [3.8, 4) is 5.75 Å². The molecule has 1 heterocycles. The van der Waals surface area contributed by atoms with Gasteiger partial charge in [0, 0.05) is 12.0 Å². The molecule has 2 aromatic rings. The van der Waals surface area contributed by atoms with Crippen molar-refractivity contribution in [2.75, 3.05) is 17.1 Å². The van der Waals surface area contributed by atoms with Crippen LogP contribution >= 0.6 is 34.8 Å². The molecular formula is C21H23Cl3N2O4S. The third-order valence-corrected chi connectivity index (χ3v) is 7.06. The summed E-state index contributed by atoms with van der Waals surface area (Å²) in [5.41, 5.74) is 1.47. The van der Waals surface area contributed by atoms with Crippen molar-refractivity contribution in [2.45, 2.75) is 38.8 Å². The number of benzene rings is 2. The van der Waals surface area contributed by atoms with Gasteiger partial charge in [0.25, 0.3) is 0 Å². The smallest absolute Gasteiger partial charge is 0.241 e. The van der Waals surface area contributed by atoms with E-state index in [4.69, 9.17) is 39.5 Å². The van der Waals surface area contributed by atoms with Crippen LogP contribution in [0.5, 0.6) is 5.75 Å². The standard InChI is InChI=1S/C21H23Cl3N2O4S/c1-12-5-6-19-13(7-12)17(10-21(2,3)30-19)25-20(27)11-26(31(4,28)29)18-9-15(23)14(22)8-16(18)24/h5-9,17H,10-11H2,1-4H3,(H,25,27). The molecule has 0 saturated carbocycles. The number of hydrogen-bond acceptors (Lipinski definition) is 4. The summed E-state index contributed by atoms with van der Waals surface area (Å²) in [5.74, 6) is 0.211. The highest BCUT2D eigenvalue weighted by atomic mass is 35.5. The second kappa shape index (κ2) is 8.70. The molecule has 1 atom stereocenters. The Labute approximate surface area is 197 Å². The molecule has 0 saturated heterocycles. The molecule has 1 N–H and O–H groups in total. The molecule has 0 fully saturated rings. The minimum absolute atomic E-state index is 0.0702. The first-order valence-corrected chi connectivity index (χ1v) is 12.5. The highest BCUT2D eigenvalue weighted by molar-refractivity contribution is 7.92. The second-order valence-corrected chi connectivity index (χ2v) is 11.3. The van der Waals surface area contributed by atoms with Gasteiger partial charge in [0.05, 0.1) is 33.1 Å². The Balaban J connectivity index is 1.89. The molecule has 0 radical (unpaired) electrons. The van der Waals surface area contributed by atoms with Crippen LogP contribution in [0.3, 0.4) is 0 Å². The first kappa shape index (κ1) is 24.0. The molecule has 1 amide bonds. The van der Waals surface area contributed by atoms with Crippen molar-refractivity contribution < 1.29 is 17.9 Å². The number of fused-ring (bicyclic) bond motifs is 1. The molecule has 0 spiro atoms. The summed E-state index contributed by atoms with van der Waals surface area (Å²) in [6.07, 6.45) is 1.52. The Bertz CT molecular complexity index is 1140. The van der Waals surface area contributed by atoms with Crippen molar-refractivity contribution in [1.29, 1.82) is 0 Å². The summed E-state index contributed by atoms with van der Waals surface area (Å²) >= 11 is 18.2. The van der Waals surface area contributed by atoms with Crippen LogP contribution in [0.1, 0.15) is 37.4 Å². The average molecular weight is 506 g/mol. The minimum atomic E-state index is -3.83. The van der Waals surface area contributed by atoms with E-state index in [1.807, 2.05) is 39.0 Å². The monoisotopic (exact) mass is 504 g/mol. The van der Waals surface area contributed by atoms with Crippen LogP contribution in [0.25, 0.3) is 0 Å². The maximum atomic E-state index is 13.0. The quantitative estimate of drug-likeness (QED) is 0.571. The zero-order chi connectivity index (χ0) is 23.1. The van der Waals surface area contributed by atoms with Crippen molar-refractivity contribution in [3.05, 3.63) is 56.5 Å². The average Bonchev–Trinajstić information content (AvgIpc) is 2.62. The molecule has 6 nitrogen and oxygen atoms in total. The summed E-state index contributed by atoms with van der Waals surface area (Å²) in [4.78, 5) is 13.0. The molecule has 10 heteroatoms. The van der Waals surface area contributed by atoms with Gasteiger partial charge in [-0.3, -0.25) is 9.10 Å². The van der Waals surface area contributed by atoms with Crippen LogP contribution in [0, 0.1) is 6.92 Å². The van der Waals surface area contributed by atoms with Crippen LogP contribution in [-0.4, -0.2) is 32.7 Å². The zero-order valence-electron chi connectivity index (χ0n) is 17.5. The van der Waals surface area contributed by atoms with E-state index < -0.39 is 28.1 Å². The van der Waals surface area contributed by atoms with E-state index in [-0.39, 0.29) is 26.8 Å². The first-order chi connectivity index (χ1) is 14.3. The number of ether oxygens (including phenoxy) is 1. The fourth-order valence-corrected chi connectivity index (χ4v) is 5.11. The molecule has 31 heavy (non-hydrogen) atoms. The van der Waals surface area contributed by atoms with Crippen molar-refractivity contribution in [3.63, 3.8) is 0 Å². The van der Waals surface area contributed by atoms with E-state index in [0.29, 0.717) is 12.2 Å². The fraction of sp³-hybridized carbons (Fsp3) is 0.381. The maximum Gasteiger partial charge on any atom is 0.241 e. The largest absolute Gasteiger partial charge is 0.487 e. The SMILES string of the molecule is Cc1ccc2c(c1)C(NC(=O)CN(c1cc(Cl)c(Cl)cc1Cl)S(C)(=O)=O)CC(C)(C)O2. The number of anilines is 1. The number of rotatable bonds is 5. The molecule has 1 aliphatic heterocycles. The lowest BCUT2D eigenvalue weighted by atomic mass is 9.89. The summed E-state index contributed by atoms with van der Waals surface area (Å²) in [7, 11) is -3.83. The van der Waals surface area contributed by atoms with Gasteiger partial charge in [-0.25, -0.2) is 8.42 Å². The Hall–Kier alpha value is -1.67. The highest BCUT2D eigenvalue weighted by Crippen LogP contribution is 2.40. The molecule has 1 unspecified atom stereocenters. The van der Waals surface area contributed by atoms with Gasteiger partial charge >= 0.3 is 0 Å². The molecule has 0 aromatic heterocycles. The predicted molar refractivity (Wildman–Crippen MR) is 125 cm³/mol. The van der Waals surface area contributed by atoms with Crippen molar-refractivity contribution >= 4 is 56.4 Å². The number of nitrogens with one attached hydrogen (secondary N) is 1. The zero-order valence-corrected chi connectivity index (χ0v) is 20.6. The lowest BCUT2D eigenvalue weighted by Gasteiger charge is -2.38. The fourth-order valence-electron chi connectivity index (χ4n) is 3.56. The number of carbonyl (C=O) groups excluding carboxylic acids is 1. The number of aryl methyl sites for hydroxylation is 1. The number of nitrogens with zero attached hydrogens (tertiary/aromatic N) is 1. The molecule has 0 aliphatic carbocycles. The van der Waals surface area contributed by atoms with Crippen molar-refractivity contribution in [1.82, 2.24) is 5.32 Å². The van der Waals surface area contributed by atoms with Gasteiger partial charge in [0.1, 0.15) is 17.9 Å². The Morgan fingerprint density at radius 1 is 1.16 bits per heavy atom. The summed E-state index contributed by atoms with van der Waals surface area (Å²) in [6, 6.07) is 8.12. The van der Waals surface area contributed by atoms with E-state index in [1.54, 1.807) is 0 Å². The highest BCUT2D eigenvalue weighted by Gasteiger charge is 2.35. The molecular weight excluding hydrogens is 483 g/mol. The van der Waals surface area contributed by atoms with Crippen LogP contribution < -0.4 is 14.4 Å². The lowest BCUT2D eigenvalue weighted by molar-refractivity contribution is -0.120. The summed E-state index contributed by atoms with van der Waals surface area (Å²) < 4.78 is 31.8. The second-order valence-electron chi connectivity index (χ2n) is 8.21. The Morgan fingerprint density at radius 3 is 2.45 bits per heavy atom. The number of halogens is 3. The van der Waals surface area contributed by atoms with Gasteiger partial charge in [-0.05, 0) is 39.0 Å². The predicted octanol–water partition coefficient (Wildman–Crippen LogP) is 5.14. The van der Waals surface area contributed by atoms with Crippen LogP contribution in [0.2, 0.25) is 15.1 Å². The minimum Gasteiger partial charge on any atom is -0.487 e. The first-order valence-electron chi connectivity index (χ1n) is 9.48. The molecule has 3 rings (SSSR count). The molecule has 0 bridgehead atoms. The normalized spacial score (nSPS) is 17.5. The van der Waals surface area contributed by atoms with Gasteiger partial charge in [0.2, 0.25) is 15.9 Å². The topological polar surface area (TPSA) is 75.7 Å². The lowest BCUT2D eigenvalue weighted by Crippen LogP contribution is -2.45. The number of amides is 1. The van der Waals surface area contributed by atoms with E-state index in [9.17, 15) is 13.2 Å². The summed E-state index contributed by atoms with van der Waals surface area (Å²) in [5, 5.41) is 3.33. The van der Waals surface area contributed by atoms with E-state index in [1.165, 1.54) is 12.1 Å².